The molecule has 0 atom stereocenters. The summed E-state index contributed by atoms with van der Waals surface area (Å²) in [5, 5.41) is 18.8. The van der Waals surface area contributed by atoms with E-state index >= 15 is 0 Å². The molecule has 4 rings (SSSR count). The monoisotopic (exact) mass is 493 g/mol. The first-order chi connectivity index (χ1) is 18.0. The summed E-state index contributed by atoms with van der Waals surface area (Å²) in [5.74, 6) is -0.291. The molecule has 37 heavy (non-hydrogen) atoms. The highest BCUT2D eigenvalue weighted by molar-refractivity contribution is 6.06. The third-order valence-corrected chi connectivity index (χ3v) is 5.50. The summed E-state index contributed by atoms with van der Waals surface area (Å²) in [7, 11) is 0. The average molecular weight is 494 g/mol. The maximum absolute atomic E-state index is 13.1. The lowest BCUT2D eigenvalue weighted by Crippen LogP contribution is -2.32. The first-order valence-electron chi connectivity index (χ1n) is 11.9. The summed E-state index contributed by atoms with van der Waals surface area (Å²) < 4.78 is 5.61. The minimum atomic E-state index is -0.619. The van der Waals surface area contributed by atoms with Crippen LogP contribution >= 0.6 is 0 Å². The number of phenols is 1. The fraction of sp³-hybridized carbons (Fsp3) is 0.100. The number of amides is 2. The number of hydrazone groups is 1. The van der Waals surface area contributed by atoms with Crippen molar-refractivity contribution in [2.45, 2.75) is 13.3 Å². The van der Waals surface area contributed by atoms with Crippen molar-refractivity contribution in [2.24, 2.45) is 5.10 Å². The number of carbonyl (C=O) groups excluding carboxylic acids is 2. The summed E-state index contributed by atoms with van der Waals surface area (Å²) in [6.45, 7) is 2.64. The molecule has 186 valence electrons. The molecule has 0 fully saturated rings. The van der Waals surface area contributed by atoms with Gasteiger partial charge >= 0.3 is 0 Å². The van der Waals surface area contributed by atoms with Gasteiger partial charge in [0.05, 0.1) is 12.8 Å². The molecule has 2 amide bonds. The number of carbonyl (C=O) groups is 2. The average Bonchev–Trinajstić information content (AvgIpc) is 2.93. The van der Waals surface area contributed by atoms with Crippen molar-refractivity contribution in [3.63, 3.8) is 0 Å². The van der Waals surface area contributed by atoms with Crippen LogP contribution in [0.2, 0.25) is 0 Å². The Bertz CT molecular complexity index is 1450. The van der Waals surface area contributed by atoms with Crippen molar-refractivity contribution in [2.75, 3.05) is 6.61 Å². The van der Waals surface area contributed by atoms with Gasteiger partial charge in [-0.05, 0) is 59.2 Å². The van der Waals surface area contributed by atoms with Gasteiger partial charge in [0.25, 0.3) is 11.8 Å². The topological polar surface area (TPSA) is 100 Å². The number of ether oxygens (including phenoxy) is 1. The second-order valence-electron chi connectivity index (χ2n) is 8.21. The summed E-state index contributed by atoms with van der Waals surface area (Å²) in [4.78, 5) is 25.9. The molecule has 0 unspecified atom stereocenters. The Kier molecular flexibility index (Phi) is 8.29. The van der Waals surface area contributed by atoms with Gasteiger partial charge in [0.15, 0.2) is 0 Å². The third-order valence-electron chi connectivity index (χ3n) is 5.50. The van der Waals surface area contributed by atoms with Gasteiger partial charge in [0, 0.05) is 11.1 Å². The highest BCUT2D eigenvalue weighted by Crippen LogP contribution is 2.25. The lowest BCUT2D eigenvalue weighted by atomic mass is 10.0. The van der Waals surface area contributed by atoms with E-state index in [1.807, 2.05) is 31.2 Å². The number of hydrogen-bond donors (Lipinski definition) is 3. The minimum Gasteiger partial charge on any atom is -0.507 e. The largest absolute Gasteiger partial charge is 0.507 e. The van der Waals surface area contributed by atoms with E-state index < -0.39 is 11.8 Å². The molecule has 0 heterocycles. The van der Waals surface area contributed by atoms with E-state index in [2.05, 4.69) is 15.8 Å². The molecule has 0 aliphatic heterocycles. The second-order valence-corrected chi connectivity index (χ2v) is 8.21. The molecule has 0 aliphatic carbocycles. The van der Waals surface area contributed by atoms with Crippen LogP contribution in [0.5, 0.6) is 11.5 Å². The smallest absolute Gasteiger partial charge is 0.287 e. The van der Waals surface area contributed by atoms with E-state index in [1.165, 1.54) is 6.21 Å². The zero-order valence-corrected chi connectivity index (χ0v) is 20.3. The standard InChI is InChI=1S/C30H27N3O4/c1-2-18-37-24-15-12-21(13-16-24)19-27(32-29(35)23-9-4-3-5-10-23)30(36)33-31-20-26-25-11-7-6-8-22(25)14-17-28(26)34/h3-17,19-20,34H,2,18H2,1H3,(H,32,35)(H,33,36)/b27-19-,31-20+. The number of nitrogens with one attached hydrogen (secondary N) is 2. The van der Waals surface area contributed by atoms with Crippen LogP contribution in [0.15, 0.2) is 102 Å². The normalized spacial score (nSPS) is 11.4. The molecule has 3 N–H and O–H groups in total. The number of hydrogen-bond acceptors (Lipinski definition) is 5. The van der Waals surface area contributed by atoms with Crippen molar-refractivity contribution < 1.29 is 19.4 Å². The van der Waals surface area contributed by atoms with Gasteiger partial charge in [-0.25, -0.2) is 5.43 Å². The molecule has 0 bridgehead atoms. The van der Waals surface area contributed by atoms with Crippen LogP contribution in [-0.2, 0) is 4.79 Å². The number of benzene rings is 4. The molecule has 0 aliphatic rings. The van der Waals surface area contributed by atoms with Crippen molar-refractivity contribution in [3.8, 4) is 11.5 Å². The maximum Gasteiger partial charge on any atom is 0.287 e. The van der Waals surface area contributed by atoms with E-state index in [-0.39, 0.29) is 11.4 Å². The molecule has 0 saturated carbocycles. The van der Waals surface area contributed by atoms with Crippen molar-refractivity contribution in [1.82, 2.24) is 10.7 Å². The van der Waals surface area contributed by atoms with E-state index in [4.69, 9.17) is 4.74 Å². The zero-order chi connectivity index (χ0) is 26.0. The number of rotatable bonds is 9. The van der Waals surface area contributed by atoms with Gasteiger partial charge in [-0.3, -0.25) is 9.59 Å². The van der Waals surface area contributed by atoms with Gasteiger partial charge in [0.2, 0.25) is 0 Å². The van der Waals surface area contributed by atoms with Crippen LogP contribution in [0.25, 0.3) is 16.8 Å². The molecule has 0 spiro atoms. The lowest BCUT2D eigenvalue weighted by molar-refractivity contribution is -0.117. The predicted molar refractivity (Wildman–Crippen MR) is 145 cm³/mol. The van der Waals surface area contributed by atoms with E-state index in [9.17, 15) is 14.7 Å². The fourth-order valence-corrected chi connectivity index (χ4v) is 3.62. The predicted octanol–water partition coefficient (Wildman–Crippen LogP) is 5.26. The first-order valence-corrected chi connectivity index (χ1v) is 11.9. The summed E-state index contributed by atoms with van der Waals surface area (Å²) >= 11 is 0. The summed E-state index contributed by atoms with van der Waals surface area (Å²) in [5.41, 5.74) is 4.04. The third kappa shape index (κ3) is 6.61. The molecular weight excluding hydrogens is 466 g/mol. The molecular formula is C30H27N3O4. The molecule has 0 aromatic heterocycles. The molecule has 0 radical (unpaired) electrons. The van der Waals surface area contributed by atoms with E-state index in [0.29, 0.717) is 23.3 Å². The zero-order valence-electron chi connectivity index (χ0n) is 20.3. The minimum absolute atomic E-state index is 0.00960. The Morgan fingerprint density at radius 1 is 0.919 bits per heavy atom. The van der Waals surface area contributed by atoms with Gasteiger partial charge in [0.1, 0.15) is 17.2 Å². The van der Waals surface area contributed by atoms with Gasteiger partial charge < -0.3 is 15.2 Å². The molecule has 7 heteroatoms. The van der Waals surface area contributed by atoms with Crippen LogP contribution in [-0.4, -0.2) is 29.7 Å². The van der Waals surface area contributed by atoms with Crippen molar-refractivity contribution in [1.29, 1.82) is 0 Å². The van der Waals surface area contributed by atoms with Crippen LogP contribution in [0.3, 0.4) is 0 Å². The number of fused-ring (bicyclic) bond motifs is 1. The first kappa shape index (κ1) is 25.2. The van der Waals surface area contributed by atoms with E-state index in [0.717, 1.165) is 22.9 Å². The molecule has 4 aromatic rings. The Labute approximate surface area is 215 Å². The highest BCUT2D eigenvalue weighted by Gasteiger charge is 2.14. The Morgan fingerprint density at radius 3 is 2.41 bits per heavy atom. The van der Waals surface area contributed by atoms with Crippen molar-refractivity contribution >= 4 is 34.9 Å². The van der Waals surface area contributed by atoms with Gasteiger partial charge in [-0.1, -0.05) is 67.6 Å². The number of nitrogens with zero attached hydrogens (tertiary/aromatic N) is 1. The van der Waals surface area contributed by atoms with E-state index in [1.54, 1.807) is 72.8 Å². The Balaban J connectivity index is 1.57. The van der Waals surface area contributed by atoms with Crippen molar-refractivity contribution in [3.05, 3.63) is 113 Å². The Morgan fingerprint density at radius 2 is 1.65 bits per heavy atom. The van der Waals surface area contributed by atoms with Crippen LogP contribution < -0.4 is 15.5 Å². The summed E-state index contributed by atoms with van der Waals surface area (Å²) in [6, 6.07) is 26.7. The molecule has 7 nitrogen and oxygen atoms in total. The SMILES string of the molecule is CCCOc1ccc(/C=C(\NC(=O)c2ccccc2)C(=O)N/N=C/c2c(O)ccc3ccccc23)cc1. The van der Waals surface area contributed by atoms with Crippen LogP contribution in [0.1, 0.15) is 34.8 Å². The fourth-order valence-electron chi connectivity index (χ4n) is 3.62. The molecule has 0 saturated heterocycles. The van der Waals surface area contributed by atoms with Crippen LogP contribution in [0.4, 0.5) is 0 Å². The molecule has 4 aromatic carbocycles. The number of aromatic hydroxyl groups is 1. The van der Waals surface area contributed by atoms with Gasteiger partial charge in [-0.2, -0.15) is 5.10 Å². The second kappa shape index (κ2) is 12.2. The number of phenolic OH excluding ortho intramolecular Hbond substituents is 1. The quantitative estimate of drug-likeness (QED) is 0.168. The lowest BCUT2D eigenvalue weighted by Gasteiger charge is -2.10. The maximum atomic E-state index is 13.1. The Hall–Kier alpha value is -4.91. The van der Waals surface area contributed by atoms with Crippen LogP contribution in [0, 0.1) is 0 Å². The highest BCUT2D eigenvalue weighted by atomic mass is 16.5. The summed E-state index contributed by atoms with van der Waals surface area (Å²) in [6.07, 6.45) is 3.84. The van der Waals surface area contributed by atoms with Gasteiger partial charge in [-0.15, -0.1) is 0 Å².